The van der Waals surface area contributed by atoms with Crippen molar-refractivity contribution < 1.29 is 22.7 Å². The van der Waals surface area contributed by atoms with E-state index in [-0.39, 0.29) is 18.3 Å². The summed E-state index contributed by atoms with van der Waals surface area (Å²) >= 11 is 0. The molecule has 1 aliphatic heterocycles. The molecule has 0 bridgehead atoms. The molecule has 3 rings (SSSR count). The number of benzene rings is 2. The van der Waals surface area contributed by atoms with Gasteiger partial charge in [0.1, 0.15) is 11.5 Å². The molecule has 7 nitrogen and oxygen atoms in total. The molecule has 1 fully saturated rings. The van der Waals surface area contributed by atoms with Crippen LogP contribution in [0.2, 0.25) is 0 Å². The number of ether oxygens (including phenoxy) is 2. The van der Waals surface area contributed by atoms with E-state index < -0.39 is 10.0 Å². The molecule has 8 heteroatoms. The molecule has 1 heterocycles. The van der Waals surface area contributed by atoms with Crippen LogP contribution in [-0.4, -0.2) is 40.3 Å². The minimum Gasteiger partial charge on any atom is -0.497 e. The topological polar surface area (TPSA) is 84.9 Å². The van der Waals surface area contributed by atoms with E-state index in [9.17, 15) is 13.2 Å². The lowest BCUT2D eigenvalue weighted by atomic mass is 10.1. The van der Waals surface area contributed by atoms with Gasteiger partial charge in [0.2, 0.25) is 10.0 Å². The highest BCUT2D eigenvalue weighted by atomic mass is 32.2. The van der Waals surface area contributed by atoms with Crippen molar-refractivity contribution in [2.45, 2.75) is 13.3 Å². The lowest BCUT2D eigenvalue weighted by molar-refractivity contribution is -0.118. The third-order valence-electron chi connectivity index (χ3n) is 4.31. The summed E-state index contributed by atoms with van der Waals surface area (Å²) in [6.45, 7) is 2.15. The van der Waals surface area contributed by atoms with Gasteiger partial charge < -0.3 is 14.8 Å². The summed E-state index contributed by atoms with van der Waals surface area (Å²) in [4.78, 5) is 12.2. The normalized spacial score (nSPS) is 15.4. The average Bonchev–Trinajstić information content (AvgIpc) is 3.01. The summed E-state index contributed by atoms with van der Waals surface area (Å²) in [6, 6.07) is 12.2. The highest BCUT2D eigenvalue weighted by Crippen LogP contribution is 2.28. The molecule has 0 aromatic heterocycles. The number of sulfonamides is 1. The van der Waals surface area contributed by atoms with Crippen LogP contribution in [0.25, 0.3) is 0 Å². The Bertz CT molecular complexity index is 926. The number of rotatable bonds is 6. The number of aryl methyl sites for hydroxylation is 1. The van der Waals surface area contributed by atoms with Gasteiger partial charge in [-0.05, 0) is 55.3 Å². The van der Waals surface area contributed by atoms with Crippen molar-refractivity contribution in [3.05, 3.63) is 48.0 Å². The third kappa shape index (κ3) is 4.51. The summed E-state index contributed by atoms with van der Waals surface area (Å²) in [5.41, 5.74) is 1.97. The number of hydrogen-bond donors (Lipinski definition) is 1. The van der Waals surface area contributed by atoms with Gasteiger partial charge in [0.05, 0.1) is 18.6 Å². The van der Waals surface area contributed by atoms with Crippen molar-refractivity contribution in [1.82, 2.24) is 0 Å². The summed E-state index contributed by atoms with van der Waals surface area (Å²) < 4.78 is 36.1. The number of methoxy groups -OCH3 is 1. The first-order valence-electron chi connectivity index (χ1n) is 8.57. The monoisotopic (exact) mass is 390 g/mol. The van der Waals surface area contributed by atoms with Gasteiger partial charge in [0, 0.05) is 12.2 Å². The van der Waals surface area contributed by atoms with E-state index in [2.05, 4.69) is 5.32 Å². The molecule has 1 aliphatic rings. The molecule has 2 aromatic rings. The molecule has 144 valence electrons. The van der Waals surface area contributed by atoms with E-state index >= 15 is 0 Å². The van der Waals surface area contributed by atoms with E-state index in [1.54, 1.807) is 49.6 Å². The van der Waals surface area contributed by atoms with Crippen molar-refractivity contribution in [3.8, 4) is 11.5 Å². The maximum atomic E-state index is 12.2. The van der Waals surface area contributed by atoms with Crippen molar-refractivity contribution in [1.29, 1.82) is 0 Å². The van der Waals surface area contributed by atoms with Crippen molar-refractivity contribution >= 4 is 27.3 Å². The highest BCUT2D eigenvalue weighted by Gasteiger charge is 2.28. The first-order chi connectivity index (χ1) is 12.9. The van der Waals surface area contributed by atoms with Crippen LogP contribution in [0.15, 0.2) is 42.5 Å². The SMILES string of the molecule is COc1ccc(OCC(=O)Nc2cc(N3CCCS3(=O)=O)ccc2C)cc1. The fourth-order valence-electron chi connectivity index (χ4n) is 2.84. The summed E-state index contributed by atoms with van der Waals surface area (Å²) in [7, 11) is -1.69. The van der Waals surface area contributed by atoms with Gasteiger partial charge in [-0.1, -0.05) is 6.07 Å². The number of nitrogens with one attached hydrogen (secondary N) is 1. The van der Waals surface area contributed by atoms with Gasteiger partial charge in [0.25, 0.3) is 5.91 Å². The van der Waals surface area contributed by atoms with Gasteiger partial charge in [-0.3, -0.25) is 9.10 Å². The number of carbonyl (C=O) groups is 1. The zero-order valence-electron chi connectivity index (χ0n) is 15.3. The Balaban J connectivity index is 1.65. The average molecular weight is 390 g/mol. The molecule has 2 aromatic carbocycles. The molecular weight excluding hydrogens is 368 g/mol. The maximum absolute atomic E-state index is 12.2. The zero-order valence-corrected chi connectivity index (χ0v) is 16.1. The second kappa shape index (κ2) is 7.87. The molecule has 0 aliphatic carbocycles. The lowest BCUT2D eigenvalue weighted by Crippen LogP contribution is -2.25. The highest BCUT2D eigenvalue weighted by molar-refractivity contribution is 7.93. The minimum atomic E-state index is -3.26. The molecule has 27 heavy (non-hydrogen) atoms. The molecule has 1 N–H and O–H groups in total. The maximum Gasteiger partial charge on any atom is 0.262 e. The number of carbonyl (C=O) groups excluding carboxylic acids is 1. The van der Waals surface area contributed by atoms with Crippen molar-refractivity contribution in [2.24, 2.45) is 0 Å². The fourth-order valence-corrected chi connectivity index (χ4v) is 4.39. The molecule has 0 unspecified atom stereocenters. The lowest BCUT2D eigenvalue weighted by Gasteiger charge is -2.19. The van der Waals surface area contributed by atoms with Crippen LogP contribution < -0.4 is 19.1 Å². The Labute approximate surface area is 158 Å². The van der Waals surface area contributed by atoms with E-state index in [1.165, 1.54) is 4.31 Å². The van der Waals surface area contributed by atoms with Gasteiger partial charge in [0.15, 0.2) is 6.61 Å². The summed E-state index contributed by atoms with van der Waals surface area (Å²) in [6.07, 6.45) is 0.605. The summed E-state index contributed by atoms with van der Waals surface area (Å²) in [5, 5.41) is 2.78. The Morgan fingerprint density at radius 1 is 1.15 bits per heavy atom. The van der Waals surface area contributed by atoms with Crippen molar-refractivity contribution in [3.63, 3.8) is 0 Å². The Morgan fingerprint density at radius 2 is 1.85 bits per heavy atom. The largest absolute Gasteiger partial charge is 0.497 e. The Kier molecular flexibility index (Phi) is 5.55. The Morgan fingerprint density at radius 3 is 2.48 bits per heavy atom. The number of anilines is 2. The number of hydrogen-bond acceptors (Lipinski definition) is 5. The van der Waals surface area contributed by atoms with Gasteiger partial charge >= 0.3 is 0 Å². The molecule has 0 atom stereocenters. The fraction of sp³-hybridized carbons (Fsp3) is 0.316. The number of amides is 1. The summed E-state index contributed by atoms with van der Waals surface area (Å²) in [5.74, 6) is 1.09. The Hall–Kier alpha value is -2.74. The van der Waals surface area contributed by atoms with E-state index in [4.69, 9.17) is 9.47 Å². The smallest absolute Gasteiger partial charge is 0.262 e. The van der Waals surface area contributed by atoms with Crippen LogP contribution in [0, 0.1) is 6.92 Å². The van der Waals surface area contributed by atoms with Crippen LogP contribution >= 0.6 is 0 Å². The van der Waals surface area contributed by atoms with E-state index in [1.807, 2.05) is 6.92 Å². The third-order valence-corrected chi connectivity index (χ3v) is 6.18. The van der Waals surface area contributed by atoms with Gasteiger partial charge in [-0.25, -0.2) is 8.42 Å². The van der Waals surface area contributed by atoms with Crippen LogP contribution in [0.4, 0.5) is 11.4 Å². The molecule has 0 spiro atoms. The molecule has 0 radical (unpaired) electrons. The second-order valence-corrected chi connectivity index (χ2v) is 8.27. The van der Waals surface area contributed by atoms with Crippen LogP contribution in [0.1, 0.15) is 12.0 Å². The van der Waals surface area contributed by atoms with Crippen LogP contribution in [0.3, 0.4) is 0 Å². The van der Waals surface area contributed by atoms with Crippen molar-refractivity contribution in [2.75, 3.05) is 35.6 Å². The van der Waals surface area contributed by atoms with Gasteiger partial charge in [-0.15, -0.1) is 0 Å². The predicted molar refractivity (Wildman–Crippen MR) is 104 cm³/mol. The van der Waals surface area contributed by atoms with Crippen LogP contribution in [0.5, 0.6) is 11.5 Å². The molecule has 1 saturated heterocycles. The number of nitrogens with zero attached hydrogens (tertiary/aromatic N) is 1. The van der Waals surface area contributed by atoms with E-state index in [0.717, 1.165) is 5.56 Å². The minimum absolute atomic E-state index is 0.151. The standard InChI is InChI=1S/C19H22N2O5S/c1-14-4-5-15(21-10-3-11-27(21,23)24)12-18(14)20-19(22)13-26-17-8-6-16(25-2)7-9-17/h4-9,12H,3,10-11,13H2,1-2H3,(H,20,22). The quantitative estimate of drug-likeness (QED) is 0.819. The predicted octanol–water partition coefficient (Wildman–Crippen LogP) is 2.56. The van der Waals surface area contributed by atoms with E-state index in [0.29, 0.717) is 35.8 Å². The molecule has 0 saturated carbocycles. The van der Waals surface area contributed by atoms with Gasteiger partial charge in [-0.2, -0.15) is 0 Å². The van der Waals surface area contributed by atoms with Crippen LogP contribution in [-0.2, 0) is 14.8 Å². The first kappa shape index (κ1) is 19.0. The molecular formula is C19H22N2O5S. The zero-order chi connectivity index (χ0) is 19.4. The first-order valence-corrected chi connectivity index (χ1v) is 10.2. The molecule has 1 amide bonds. The second-order valence-electron chi connectivity index (χ2n) is 6.25.